The number of halogens is 2. The van der Waals surface area contributed by atoms with Gasteiger partial charge >= 0.3 is 0 Å². The predicted molar refractivity (Wildman–Crippen MR) is 129 cm³/mol. The first-order valence-electron chi connectivity index (χ1n) is 10.6. The Hall–Kier alpha value is -1.16. The molecule has 2 fully saturated rings. The predicted octanol–water partition coefficient (Wildman–Crippen LogP) is 3.09. The van der Waals surface area contributed by atoms with Gasteiger partial charge < -0.3 is 15.5 Å². The average Bonchev–Trinajstić information content (AvgIpc) is 3.14. The van der Waals surface area contributed by atoms with Gasteiger partial charge in [0.1, 0.15) is 0 Å². The minimum Gasteiger partial charge on any atom is -0.355 e. The van der Waals surface area contributed by atoms with Gasteiger partial charge in [-0.1, -0.05) is 20.3 Å². The molecular weight excluding hydrogens is 482 g/mol. The molecule has 0 saturated carbocycles. The summed E-state index contributed by atoms with van der Waals surface area (Å²) in [5.41, 5.74) is 0. The van der Waals surface area contributed by atoms with E-state index in [4.69, 9.17) is 0 Å². The maximum atomic E-state index is 14.0. The third-order valence-electron chi connectivity index (χ3n) is 5.65. The molecule has 1 aromatic heterocycles. The van der Waals surface area contributed by atoms with Crippen LogP contribution in [0, 0.1) is 11.7 Å². The van der Waals surface area contributed by atoms with Crippen molar-refractivity contribution in [2.75, 3.05) is 44.7 Å². The molecule has 2 atom stereocenters. The van der Waals surface area contributed by atoms with Crippen LogP contribution in [-0.4, -0.2) is 67.7 Å². The minimum atomic E-state index is -0.256. The fourth-order valence-electron chi connectivity index (χ4n) is 4.28. The van der Waals surface area contributed by atoms with Crippen molar-refractivity contribution in [3.63, 3.8) is 0 Å². The SMILES string of the molecule is CN=C(NCC1CCCCN1CC(C)C)NC1CCN(c2ncccc2F)C1.I. The van der Waals surface area contributed by atoms with E-state index in [1.807, 2.05) is 11.9 Å². The normalized spacial score (nSPS) is 23.2. The molecule has 2 aliphatic heterocycles. The summed E-state index contributed by atoms with van der Waals surface area (Å²) >= 11 is 0. The lowest BCUT2D eigenvalue weighted by atomic mass is 10.0. The molecule has 2 N–H and O–H groups in total. The van der Waals surface area contributed by atoms with Crippen LogP contribution in [-0.2, 0) is 0 Å². The summed E-state index contributed by atoms with van der Waals surface area (Å²) in [4.78, 5) is 13.2. The number of likely N-dealkylation sites (tertiary alicyclic amines) is 1. The van der Waals surface area contributed by atoms with Crippen LogP contribution < -0.4 is 15.5 Å². The van der Waals surface area contributed by atoms with Gasteiger partial charge in [-0.3, -0.25) is 9.89 Å². The maximum Gasteiger partial charge on any atom is 0.191 e. The summed E-state index contributed by atoms with van der Waals surface area (Å²) in [5, 5.41) is 7.03. The first-order chi connectivity index (χ1) is 13.6. The lowest BCUT2D eigenvalue weighted by molar-refractivity contribution is 0.133. The van der Waals surface area contributed by atoms with Gasteiger partial charge in [0.2, 0.25) is 0 Å². The fourth-order valence-corrected chi connectivity index (χ4v) is 4.28. The van der Waals surface area contributed by atoms with Crippen LogP contribution in [0.5, 0.6) is 0 Å². The molecule has 1 aromatic rings. The van der Waals surface area contributed by atoms with Gasteiger partial charge in [-0.25, -0.2) is 9.37 Å². The molecule has 2 aliphatic rings. The number of anilines is 1. The third-order valence-corrected chi connectivity index (χ3v) is 5.65. The van der Waals surface area contributed by atoms with E-state index < -0.39 is 0 Å². The molecule has 0 aromatic carbocycles. The minimum absolute atomic E-state index is 0. The molecule has 8 heteroatoms. The van der Waals surface area contributed by atoms with Gasteiger partial charge in [0.05, 0.1) is 0 Å². The van der Waals surface area contributed by atoms with Crippen molar-refractivity contribution >= 4 is 35.8 Å². The van der Waals surface area contributed by atoms with Crippen molar-refractivity contribution in [2.24, 2.45) is 10.9 Å². The Labute approximate surface area is 191 Å². The van der Waals surface area contributed by atoms with E-state index in [0.29, 0.717) is 17.8 Å². The van der Waals surface area contributed by atoms with Gasteiger partial charge in [-0.15, -0.1) is 24.0 Å². The number of guanidine groups is 1. The van der Waals surface area contributed by atoms with Gasteiger partial charge in [0.25, 0.3) is 0 Å². The number of nitrogens with zero attached hydrogens (tertiary/aromatic N) is 4. The van der Waals surface area contributed by atoms with Crippen molar-refractivity contribution in [3.8, 4) is 0 Å². The molecule has 3 heterocycles. The van der Waals surface area contributed by atoms with E-state index in [1.54, 1.807) is 12.3 Å². The zero-order chi connectivity index (χ0) is 19.9. The summed E-state index contributed by atoms with van der Waals surface area (Å²) in [6, 6.07) is 3.91. The molecule has 0 amide bonds. The van der Waals surface area contributed by atoms with E-state index in [-0.39, 0.29) is 35.8 Å². The Morgan fingerprint density at radius 3 is 2.86 bits per heavy atom. The molecule has 6 nitrogen and oxygen atoms in total. The summed E-state index contributed by atoms with van der Waals surface area (Å²) < 4.78 is 14.0. The highest BCUT2D eigenvalue weighted by Crippen LogP contribution is 2.21. The Morgan fingerprint density at radius 1 is 1.31 bits per heavy atom. The maximum absolute atomic E-state index is 14.0. The number of aromatic nitrogens is 1. The van der Waals surface area contributed by atoms with E-state index in [9.17, 15) is 4.39 Å². The molecule has 0 radical (unpaired) electrons. The summed E-state index contributed by atoms with van der Waals surface area (Å²) in [7, 11) is 1.81. The zero-order valence-electron chi connectivity index (χ0n) is 17.9. The summed E-state index contributed by atoms with van der Waals surface area (Å²) in [5.74, 6) is 1.72. The molecule has 2 saturated heterocycles. The van der Waals surface area contributed by atoms with E-state index in [0.717, 1.165) is 38.6 Å². The number of rotatable bonds is 6. The highest BCUT2D eigenvalue weighted by Gasteiger charge is 2.27. The fraction of sp³-hybridized carbons (Fsp3) is 0.714. The second-order valence-corrected chi connectivity index (χ2v) is 8.38. The van der Waals surface area contributed by atoms with Gasteiger partial charge in [0, 0.05) is 51.5 Å². The number of nitrogens with one attached hydrogen (secondary N) is 2. The van der Waals surface area contributed by atoms with Crippen molar-refractivity contribution in [3.05, 3.63) is 24.1 Å². The molecule has 0 bridgehead atoms. The van der Waals surface area contributed by atoms with Crippen molar-refractivity contribution < 1.29 is 4.39 Å². The molecule has 0 spiro atoms. The van der Waals surface area contributed by atoms with Crippen molar-refractivity contribution in [1.29, 1.82) is 0 Å². The van der Waals surface area contributed by atoms with E-state index >= 15 is 0 Å². The monoisotopic (exact) mass is 518 g/mol. The molecule has 164 valence electrons. The van der Waals surface area contributed by atoms with Crippen LogP contribution in [0.2, 0.25) is 0 Å². The highest BCUT2D eigenvalue weighted by molar-refractivity contribution is 14.0. The average molecular weight is 518 g/mol. The first-order valence-corrected chi connectivity index (χ1v) is 10.6. The van der Waals surface area contributed by atoms with Crippen LogP contribution in [0.4, 0.5) is 10.2 Å². The lowest BCUT2D eigenvalue weighted by Gasteiger charge is -2.37. The Kier molecular flexibility index (Phi) is 9.88. The van der Waals surface area contributed by atoms with E-state index in [1.165, 1.54) is 31.9 Å². The molecular formula is C21H36FIN6. The lowest BCUT2D eigenvalue weighted by Crippen LogP contribution is -2.51. The first kappa shape index (κ1) is 24.1. The second-order valence-electron chi connectivity index (χ2n) is 8.38. The number of hydrogen-bond donors (Lipinski definition) is 2. The summed E-state index contributed by atoms with van der Waals surface area (Å²) in [6.07, 6.45) is 6.44. The summed E-state index contributed by atoms with van der Waals surface area (Å²) in [6.45, 7) is 9.38. The second kappa shape index (κ2) is 11.9. The number of aliphatic imine (C=N–C) groups is 1. The highest BCUT2D eigenvalue weighted by atomic mass is 127. The van der Waals surface area contributed by atoms with Crippen molar-refractivity contribution in [2.45, 2.75) is 51.6 Å². The third kappa shape index (κ3) is 6.94. The van der Waals surface area contributed by atoms with Crippen LogP contribution in [0.15, 0.2) is 23.3 Å². The number of pyridine rings is 1. The molecule has 29 heavy (non-hydrogen) atoms. The smallest absolute Gasteiger partial charge is 0.191 e. The van der Waals surface area contributed by atoms with E-state index in [2.05, 4.69) is 39.4 Å². The largest absolute Gasteiger partial charge is 0.355 e. The quantitative estimate of drug-likeness (QED) is 0.345. The topological polar surface area (TPSA) is 55.8 Å². The van der Waals surface area contributed by atoms with Crippen LogP contribution in [0.25, 0.3) is 0 Å². The van der Waals surface area contributed by atoms with Gasteiger partial charge in [0.15, 0.2) is 17.6 Å². The standard InChI is InChI=1S/C21H35FN6.HI/c1-16(2)14-27-11-5-4-7-18(27)13-25-21(23-3)26-17-9-12-28(15-17)20-19(22)8-6-10-24-20;/h6,8,10,16-18H,4-5,7,9,11-15H2,1-3H3,(H2,23,25,26);1H. The Morgan fingerprint density at radius 2 is 2.14 bits per heavy atom. The number of hydrogen-bond acceptors (Lipinski definition) is 4. The van der Waals surface area contributed by atoms with Crippen molar-refractivity contribution in [1.82, 2.24) is 20.5 Å². The molecule has 0 aliphatic carbocycles. The Bertz CT molecular complexity index is 656. The van der Waals surface area contributed by atoms with Gasteiger partial charge in [-0.2, -0.15) is 0 Å². The number of piperidine rings is 1. The van der Waals surface area contributed by atoms with Crippen LogP contribution in [0.3, 0.4) is 0 Å². The van der Waals surface area contributed by atoms with Crippen LogP contribution >= 0.6 is 24.0 Å². The Balaban J connectivity index is 0.00000300. The molecule has 3 rings (SSSR count). The molecule has 2 unspecified atom stereocenters. The van der Waals surface area contributed by atoms with Gasteiger partial charge in [-0.05, 0) is 43.9 Å². The van der Waals surface area contributed by atoms with Crippen LogP contribution in [0.1, 0.15) is 39.5 Å². The zero-order valence-corrected chi connectivity index (χ0v) is 20.2.